The summed E-state index contributed by atoms with van der Waals surface area (Å²) in [6, 6.07) is 0.345. The van der Waals surface area contributed by atoms with Gasteiger partial charge in [-0.3, -0.25) is 4.79 Å². The third-order valence-corrected chi connectivity index (χ3v) is 4.33. The van der Waals surface area contributed by atoms with Crippen LogP contribution in [0.3, 0.4) is 0 Å². The van der Waals surface area contributed by atoms with E-state index in [1.807, 2.05) is 30.5 Å². The number of rotatable bonds is 1. The fourth-order valence-electron chi connectivity index (χ4n) is 1.56. The Bertz CT molecular complexity index is 227. The number of amides is 1. The van der Waals surface area contributed by atoms with Crippen molar-refractivity contribution < 1.29 is 4.79 Å². The van der Waals surface area contributed by atoms with E-state index in [0.717, 1.165) is 12.3 Å². The van der Waals surface area contributed by atoms with E-state index in [9.17, 15) is 4.79 Å². The molecule has 0 spiro atoms. The van der Waals surface area contributed by atoms with Crippen LogP contribution >= 0.6 is 27.7 Å². The second-order valence-electron chi connectivity index (χ2n) is 4.29. The van der Waals surface area contributed by atoms with Crippen molar-refractivity contribution in [3.8, 4) is 0 Å². The van der Waals surface area contributed by atoms with Crippen molar-refractivity contribution in [3.05, 3.63) is 0 Å². The van der Waals surface area contributed by atoms with Crippen LogP contribution in [0.15, 0.2) is 0 Å². The first-order valence-electron chi connectivity index (χ1n) is 4.95. The molecule has 0 bridgehead atoms. The molecule has 0 aromatic heterocycles. The standard InChI is InChI=1S/C10H18BrNOS/c1-7-8(2)14-6-5-12(7)9(13)10(3,4)11/h7-8H,5-6H2,1-4H3. The smallest absolute Gasteiger partial charge is 0.239 e. The van der Waals surface area contributed by atoms with Crippen molar-refractivity contribution in [2.24, 2.45) is 0 Å². The zero-order chi connectivity index (χ0) is 10.9. The zero-order valence-corrected chi connectivity index (χ0v) is 11.6. The van der Waals surface area contributed by atoms with Gasteiger partial charge in [0.2, 0.25) is 5.91 Å². The number of carbonyl (C=O) groups is 1. The summed E-state index contributed by atoms with van der Waals surface area (Å²) in [5.74, 6) is 1.26. The van der Waals surface area contributed by atoms with E-state index in [-0.39, 0.29) is 5.91 Å². The second kappa shape index (κ2) is 4.44. The van der Waals surface area contributed by atoms with E-state index < -0.39 is 4.32 Å². The highest BCUT2D eigenvalue weighted by Gasteiger charge is 2.35. The van der Waals surface area contributed by atoms with Crippen LogP contribution in [-0.2, 0) is 4.79 Å². The molecule has 1 amide bonds. The third-order valence-electron chi connectivity index (χ3n) is 2.65. The van der Waals surface area contributed by atoms with E-state index in [1.54, 1.807) is 0 Å². The SMILES string of the molecule is CC1SCCN(C(=O)C(C)(C)Br)C1C. The molecule has 0 aromatic rings. The lowest BCUT2D eigenvalue weighted by Gasteiger charge is -2.40. The number of carbonyl (C=O) groups excluding carboxylic acids is 1. The Labute approximate surface area is 98.9 Å². The molecule has 82 valence electrons. The summed E-state index contributed by atoms with van der Waals surface area (Å²) in [5, 5.41) is 0.544. The summed E-state index contributed by atoms with van der Waals surface area (Å²) in [5.41, 5.74) is 0. The van der Waals surface area contributed by atoms with Gasteiger partial charge in [-0.15, -0.1) is 0 Å². The first-order valence-corrected chi connectivity index (χ1v) is 6.80. The van der Waals surface area contributed by atoms with Gasteiger partial charge in [0.05, 0.1) is 4.32 Å². The molecule has 1 saturated heterocycles. The molecule has 0 aliphatic carbocycles. The van der Waals surface area contributed by atoms with E-state index >= 15 is 0 Å². The molecule has 0 N–H and O–H groups in total. The largest absolute Gasteiger partial charge is 0.337 e. The number of hydrogen-bond acceptors (Lipinski definition) is 2. The second-order valence-corrected chi connectivity index (χ2v) is 7.76. The zero-order valence-electron chi connectivity index (χ0n) is 9.21. The third kappa shape index (κ3) is 2.66. The lowest BCUT2D eigenvalue weighted by molar-refractivity contribution is -0.134. The molecule has 1 rings (SSSR count). The highest BCUT2D eigenvalue weighted by Crippen LogP contribution is 2.28. The van der Waals surface area contributed by atoms with Gasteiger partial charge in [0, 0.05) is 23.6 Å². The number of halogens is 1. The average molecular weight is 280 g/mol. The van der Waals surface area contributed by atoms with E-state index in [2.05, 4.69) is 29.8 Å². The highest BCUT2D eigenvalue weighted by atomic mass is 79.9. The first-order chi connectivity index (χ1) is 6.34. The summed E-state index contributed by atoms with van der Waals surface area (Å²) in [7, 11) is 0. The average Bonchev–Trinajstić information content (AvgIpc) is 2.07. The van der Waals surface area contributed by atoms with Crippen LogP contribution in [-0.4, -0.2) is 38.7 Å². The molecule has 2 atom stereocenters. The molecule has 1 heterocycles. The van der Waals surface area contributed by atoms with Crippen molar-refractivity contribution in [1.29, 1.82) is 0 Å². The summed E-state index contributed by atoms with van der Waals surface area (Å²) in [4.78, 5) is 14.0. The van der Waals surface area contributed by atoms with Gasteiger partial charge in [0.25, 0.3) is 0 Å². The lowest BCUT2D eigenvalue weighted by Crippen LogP contribution is -2.52. The Kier molecular flexibility index (Phi) is 3.92. The number of thioether (sulfide) groups is 1. The molecular weight excluding hydrogens is 262 g/mol. The predicted molar refractivity (Wildman–Crippen MR) is 66.1 cm³/mol. The van der Waals surface area contributed by atoms with Gasteiger partial charge in [-0.05, 0) is 20.8 Å². The monoisotopic (exact) mass is 279 g/mol. The molecule has 2 nitrogen and oxygen atoms in total. The van der Waals surface area contributed by atoms with Gasteiger partial charge in [-0.1, -0.05) is 22.9 Å². The maximum atomic E-state index is 12.0. The van der Waals surface area contributed by atoms with Crippen LogP contribution in [0.2, 0.25) is 0 Å². The first kappa shape index (κ1) is 12.4. The van der Waals surface area contributed by atoms with Gasteiger partial charge in [0.1, 0.15) is 0 Å². The Morgan fingerprint density at radius 2 is 2.07 bits per heavy atom. The van der Waals surface area contributed by atoms with Crippen LogP contribution in [0, 0.1) is 0 Å². The van der Waals surface area contributed by atoms with Gasteiger partial charge in [0.15, 0.2) is 0 Å². The summed E-state index contributed by atoms with van der Waals surface area (Å²) >= 11 is 5.38. The number of hydrogen-bond donors (Lipinski definition) is 0. The van der Waals surface area contributed by atoms with E-state index in [4.69, 9.17) is 0 Å². The van der Waals surface area contributed by atoms with Crippen molar-refractivity contribution in [2.45, 2.75) is 43.3 Å². The fourth-order valence-corrected chi connectivity index (χ4v) is 2.89. The molecule has 2 unspecified atom stereocenters. The van der Waals surface area contributed by atoms with Crippen LogP contribution in [0.1, 0.15) is 27.7 Å². The molecule has 0 radical (unpaired) electrons. The minimum atomic E-state index is -0.428. The minimum Gasteiger partial charge on any atom is -0.337 e. The molecule has 0 aromatic carbocycles. The van der Waals surface area contributed by atoms with Crippen LogP contribution in [0.4, 0.5) is 0 Å². The number of nitrogens with zero attached hydrogens (tertiary/aromatic N) is 1. The molecular formula is C10H18BrNOS. The topological polar surface area (TPSA) is 20.3 Å². The van der Waals surface area contributed by atoms with Gasteiger partial charge < -0.3 is 4.90 Å². The summed E-state index contributed by atoms with van der Waals surface area (Å²) in [6.07, 6.45) is 0. The van der Waals surface area contributed by atoms with E-state index in [1.165, 1.54) is 0 Å². The van der Waals surface area contributed by atoms with Crippen molar-refractivity contribution in [2.75, 3.05) is 12.3 Å². The summed E-state index contributed by atoms with van der Waals surface area (Å²) < 4.78 is -0.428. The van der Waals surface area contributed by atoms with E-state index in [0.29, 0.717) is 11.3 Å². The quantitative estimate of drug-likeness (QED) is 0.688. The van der Waals surface area contributed by atoms with Crippen molar-refractivity contribution >= 4 is 33.6 Å². The van der Waals surface area contributed by atoms with Crippen LogP contribution in [0.25, 0.3) is 0 Å². The number of alkyl halides is 1. The summed E-state index contributed by atoms with van der Waals surface area (Å²) in [6.45, 7) is 9.02. The molecule has 0 saturated carbocycles. The Morgan fingerprint density at radius 3 is 2.57 bits per heavy atom. The molecule has 14 heavy (non-hydrogen) atoms. The highest BCUT2D eigenvalue weighted by molar-refractivity contribution is 9.10. The molecule has 1 aliphatic rings. The Balaban J connectivity index is 2.72. The fraction of sp³-hybridized carbons (Fsp3) is 0.900. The molecule has 1 aliphatic heterocycles. The van der Waals surface area contributed by atoms with Gasteiger partial charge >= 0.3 is 0 Å². The van der Waals surface area contributed by atoms with Gasteiger partial charge in [-0.25, -0.2) is 0 Å². The predicted octanol–water partition coefficient (Wildman–Crippen LogP) is 2.51. The van der Waals surface area contributed by atoms with Crippen molar-refractivity contribution in [3.63, 3.8) is 0 Å². The van der Waals surface area contributed by atoms with Crippen molar-refractivity contribution in [1.82, 2.24) is 4.90 Å². The Hall–Kier alpha value is 0.300. The van der Waals surface area contributed by atoms with Crippen LogP contribution in [0.5, 0.6) is 0 Å². The minimum absolute atomic E-state index is 0.206. The molecule has 1 fully saturated rings. The Morgan fingerprint density at radius 1 is 1.50 bits per heavy atom. The maximum Gasteiger partial charge on any atom is 0.239 e. The lowest BCUT2D eigenvalue weighted by atomic mass is 10.1. The van der Waals surface area contributed by atoms with Crippen LogP contribution < -0.4 is 0 Å². The normalized spacial score (nSPS) is 29.1. The van der Waals surface area contributed by atoms with Gasteiger partial charge in [-0.2, -0.15) is 11.8 Å². The molecule has 4 heteroatoms. The maximum absolute atomic E-state index is 12.0.